The summed E-state index contributed by atoms with van der Waals surface area (Å²) in [7, 11) is 0. The number of benzene rings is 1. The predicted octanol–water partition coefficient (Wildman–Crippen LogP) is 1.71. The fraction of sp³-hybridized carbons (Fsp3) is 0.333. The molecule has 23 heavy (non-hydrogen) atoms. The number of aryl methyl sites for hydroxylation is 2. The highest BCUT2D eigenvalue weighted by Gasteiger charge is 2.15. The molecule has 0 aliphatic rings. The van der Waals surface area contributed by atoms with Crippen molar-refractivity contribution in [2.24, 2.45) is 0 Å². The Hall–Kier alpha value is -2.77. The second-order valence-electron chi connectivity index (χ2n) is 5.10. The smallest absolute Gasteiger partial charge is 0.325 e. The lowest BCUT2D eigenvalue weighted by Crippen LogP contribution is -2.38. The summed E-state index contributed by atoms with van der Waals surface area (Å²) in [5.41, 5.74) is 0.994. The van der Waals surface area contributed by atoms with E-state index in [1.54, 1.807) is 19.1 Å². The van der Waals surface area contributed by atoms with Crippen LogP contribution in [0.15, 0.2) is 22.7 Å². The second kappa shape index (κ2) is 6.99. The van der Waals surface area contributed by atoms with E-state index in [0.717, 1.165) is 0 Å². The summed E-state index contributed by atoms with van der Waals surface area (Å²) in [6.07, 6.45) is 0.182. The first kappa shape index (κ1) is 16.6. The Balaban J connectivity index is 1.96. The molecule has 1 heterocycles. The molecular weight excluding hydrogens is 305 g/mol. The maximum atomic E-state index is 13.5. The van der Waals surface area contributed by atoms with Gasteiger partial charge in [0.05, 0.1) is 0 Å². The largest absolute Gasteiger partial charge is 0.480 e. The van der Waals surface area contributed by atoms with E-state index in [4.69, 9.17) is 9.63 Å². The van der Waals surface area contributed by atoms with E-state index in [-0.39, 0.29) is 30.4 Å². The number of aliphatic carboxylic acids is 1. The lowest BCUT2D eigenvalue weighted by molar-refractivity contribution is -0.141. The van der Waals surface area contributed by atoms with Crippen molar-refractivity contribution >= 4 is 11.9 Å². The molecule has 0 saturated carbocycles. The third-order valence-corrected chi connectivity index (χ3v) is 3.21. The maximum absolute atomic E-state index is 13.5. The normalized spacial score (nSPS) is 12.0. The molecule has 1 amide bonds. The first-order valence-corrected chi connectivity index (χ1v) is 6.98. The number of carbonyl (C=O) groups excluding carboxylic acids is 1. The average molecular weight is 321 g/mol. The zero-order valence-electron chi connectivity index (χ0n) is 12.7. The Labute approximate surface area is 131 Å². The zero-order valence-corrected chi connectivity index (χ0v) is 12.7. The van der Waals surface area contributed by atoms with Gasteiger partial charge < -0.3 is 14.9 Å². The van der Waals surface area contributed by atoms with Crippen LogP contribution in [0.25, 0.3) is 11.4 Å². The van der Waals surface area contributed by atoms with Gasteiger partial charge in [-0.25, -0.2) is 4.39 Å². The quantitative estimate of drug-likeness (QED) is 0.839. The van der Waals surface area contributed by atoms with E-state index in [9.17, 15) is 14.0 Å². The summed E-state index contributed by atoms with van der Waals surface area (Å²) < 4.78 is 18.5. The van der Waals surface area contributed by atoms with E-state index in [0.29, 0.717) is 11.1 Å². The van der Waals surface area contributed by atoms with Gasteiger partial charge in [-0.05, 0) is 25.5 Å². The fourth-order valence-electron chi connectivity index (χ4n) is 1.80. The highest BCUT2D eigenvalue weighted by atomic mass is 19.1. The highest BCUT2D eigenvalue weighted by molar-refractivity contribution is 5.83. The van der Waals surface area contributed by atoms with Crippen molar-refractivity contribution < 1.29 is 23.6 Å². The van der Waals surface area contributed by atoms with E-state index in [1.165, 1.54) is 13.0 Å². The van der Waals surface area contributed by atoms with Gasteiger partial charge in [0, 0.05) is 18.4 Å². The van der Waals surface area contributed by atoms with E-state index >= 15 is 0 Å². The number of carboxylic acids is 1. The summed E-state index contributed by atoms with van der Waals surface area (Å²) in [6, 6.07) is 3.64. The molecule has 122 valence electrons. The van der Waals surface area contributed by atoms with Crippen molar-refractivity contribution in [3.8, 4) is 11.4 Å². The van der Waals surface area contributed by atoms with Crippen LogP contribution in [-0.4, -0.2) is 33.2 Å². The minimum atomic E-state index is -1.11. The number of hydrogen-bond acceptors (Lipinski definition) is 5. The van der Waals surface area contributed by atoms with Crippen LogP contribution in [0.4, 0.5) is 4.39 Å². The Morgan fingerprint density at radius 1 is 1.43 bits per heavy atom. The molecule has 0 aliphatic carbocycles. The van der Waals surface area contributed by atoms with Crippen molar-refractivity contribution in [2.45, 2.75) is 32.7 Å². The minimum absolute atomic E-state index is 0.0154. The lowest BCUT2D eigenvalue weighted by atomic mass is 10.1. The molecule has 0 fully saturated rings. The van der Waals surface area contributed by atoms with Crippen LogP contribution in [0, 0.1) is 12.7 Å². The standard InChI is InChI=1S/C15H16FN3O4/c1-8-3-4-10(7-11(8)16)14-18-13(23-19-14)6-5-12(20)17-9(2)15(21)22/h3-4,7,9H,5-6H2,1-2H3,(H,17,20)(H,21,22)/t9-/m1/s1. The van der Waals surface area contributed by atoms with Crippen LogP contribution < -0.4 is 5.32 Å². The van der Waals surface area contributed by atoms with Gasteiger partial charge in [0.2, 0.25) is 17.6 Å². The molecule has 2 aromatic rings. The van der Waals surface area contributed by atoms with Crippen LogP contribution in [-0.2, 0) is 16.0 Å². The average Bonchev–Trinajstić information content (AvgIpc) is 2.96. The monoisotopic (exact) mass is 321 g/mol. The molecule has 1 aromatic carbocycles. The fourth-order valence-corrected chi connectivity index (χ4v) is 1.80. The van der Waals surface area contributed by atoms with Crippen molar-refractivity contribution in [1.82, 2.24) is 15.5 Å². The number of hydrogen-bond donors (Lipinski definition) is 2. The van der Waals surface area contributed by atoms with Gasteiger partial charge in [0.25, 0.3) is 0 Å². The molecule has 0 radical (unpaired) electrons. The molecule has 2 rings (SSSR count). The SMILES string of the molecule is Cc1ccc(-c2noc(CCC(=O)N[C@H](C)C(=O)O)n2)cc1F. The third kappa shape index (κ3) is 4.35. The highest BCUT2D eigenvalue weighted by Crippen LogP contribution is 2.19. The summed E-state index contributed by atoms with van der Waals surface area (Å²) in [5.74, 6) is -1.45. The van der Waals surface area contributed by atoms with Gasteiger partial charge in [-0.1, -0.05) is 17.3 Å². The van der Waals surface area contributed by atoms with Gasteiger partial charge in [-0.15, -0.1) is 0 Å². The Morgan fingerprint density at radius 3 is 2.83 bits per heavy atom. The van der Waals surface area contributed by atoms with Gasteiger partial charge in [-0.2, -0.15) is 4.98 Å². The molecule has 7 nitrogen and oxygen atoms in total. The van der Waals surface area contributed by atoms with E-state index < -0.39 is 17.9 Å². The molecule has 1 aromatic heterocycles. The lowest BCUT2D eigenvalue weighted by Gasteiger charge is -2.07. The van der Waals surface area contributed by atoms with Crippen LogP contribution >= 0.6 is 0 Å². The van der Waals surface area contributed by atoms with Crippen LogP contribution in [0.2, 0.25) is 0 Å². The van der Waals surface area contributed by atoms with E-state index in [1.807, 2.05) is 0 Å². The molecule has 1 atom stereocenters. The van der Waals surface area contributed by atoms with Crippen molar-refractivity contribution in [3.63, 3.8) is 0 Å². The topological polar surface area (TPSA) is 105 Å². The number of nitrogens with one attached hydrogen (secondary N) is 1. The molecule has 2 N–H and O–H groups in total. The van der Waals surface area contributed by atoms with Gasteiger partial charge in [0.15, 0.2) is 0 Å². The Bertz CT molecular complexity index is 729. The van der Waals surface area contributed by atoms with Gasteiger partial charge in [0.1, 0.15) is 11.9 Å². The van der Waals surface area contributed by atoms with Crippen LogP contribution in [0.3, 0.4) is 0 Å². The number of amides is 1. The summed E-state index contributed by atoms with van der Waals surface area (Å²) in [5, 5.41) is 14.8. The molecule has 0 spiro atoms. The molecule has 0 unspecified atom stereocenters. The third-order valence-electron chi connectivity index (χ3n) is 3.21. The Morgan fingerprint density at radius 2 is 2.17 bits per heavy atom. The second-order valence-corrected chi connectivity index (χ2v) is 5.10. The van der Waals surface area contributed by atoms with Crippen LogP contribution in [0.5, 0.6) is 0 Å². The molecule has 8 heteroatoms. The number of carboxylic acid groups (broad SMARTS) is 1. The van der Waals surface area contributed by atoms with Crippen molar-refractivity contribution in [1.29, 1.82) is 0 Å². The number of aromatic nitrogens is 2. The predicted molar refractivity (Wildman–Crippen MR) is 78.0 cm³/mol. The summed E-state index contributed by atoms with van der Waals surface area (Å²) in [4.78, 5) is 26.3. The molecule has 0 saturated heterocycles. The zero-order chi connectivity index (χ0) is 17.0. The van der Waals surface area contributed by atoms with E-state index in [2.05, 4.69) is 15.5 Å². The first-order chi connectivity index (χ1) is 10.9. The first-order valence-electron chi connectivity index (χ1n) is 6.98. The summed E-state index contributed by atoms with van der Waals surface area (Å²) >= 11 is 0. The maximum Gasteiger partial charge on any atom is 0.325 e. The van der Waals surface area contributed by atoms with Gasteiger partial charge in [-0.3, -0.25) is 9.59 Å². The van der Waals surface area contributed by atoms with Crippen molar-refractivity contribution in [2.75, 3.05) is 0 Å². The molecular formula is C15H16FN3O4. The number of nitrogens with zero attached hydrogens (tertiary/aromatic N) is 2. The van der Waals surface area contributed by atoms with Crippen molar-refractivity contribution in [3.05, 3.63) is 35.5 Å². The minimum Gasteiger partial charge on any atom is -0.480 e. The van der Waals surface area contributed by atoms with Gasteiger partial charge >= 0.3 is 5.97 Å². The summed E-state index contributed by atoms with van der Waals surface area (Å²) in [6.45, 7) is 3.02. The molecule has 0 aliphatic heterocycles. The molecule has 0 bridgehead atoms. The number of carbonyl (C=O) groups is 2. The van der Waals surface area contributed by atoms with Crippen LogP contribution in [0.1, 0.15) is 24.8 Å². The number of halogens is 1. The number of rotatable bonds is 6. The Kier molecular flexibility index (Phi) is 5.05.